The molecule has 0 fully saturated rings. The second-order valence-electron chi connectivity index (χ2n) is 15.3. The van der Waals surface area contributed by atoms with Gasteiger partial charge in [-0.25, -0.2) is 0 Å². The van der Waals surface area contributed by atoms with Crippen molar-refractivity contribution < 1.29 is 0 Å². The fourth-order valence-corrected chi connectivity index (χ4v) is 8.90. The normalized spacial score (nSPS) is 12.7. The van der Waals surface area contributed by atoms with E-state index < -0.39 is 0 Å². The van der Waals surface area contributed by atoms with E-state index in [0.717, 1.165) is 12.2 Å². The fourth-order valence-electron chi connectivity index (χ4n) is 8.90. The van der Waals surface area contributed by atoms with Crippen LogP contribution in [0.2, 0.25) is 0 Å². The number of nitrogens with zero attached hydrogens (tertiary/aromatic N) is 2. The number of allylic oxidation sites excluding steroid dienone is 6. The second-order valence-corrected chi connectivity index (χ2v) is 15.3. The zero-order chi connectivity index (χ0) is 40.3. The average molecular weight is 753 g/mol. The largest absolute Gasteiger partial charge is 0.337 e. The molecule has 2 nitrogen and oxygen atoms in total. The molecule has 8 aromatic carbocycles. The SMILES string of the molecule is C/C=C\C(=C/C)N(c1cccc(-c2ccccc2)c1C)c1cc(C)c2ccc3c(N(C/C(C)=C(\C=C/C)c4ccccc4)c4ccccc4)cc(C)c4ccc1c2c43. The lowest BCUT2D eigenvalue weighted by Gasteiger charge is -2.32. The summed E-state index contributed by atoms with van der Waals surface area (Å²) in [6.45, 7) is 16.2. The first-order valence-electron chi connectivity index (χ1n) is 20.5. The predicted octanol–water partition coefficient (Wildman–Crippen LogP) is 16.0. The maximum absolute atomic E-state index is 2.52. The summed E-state index contributed by atoms with van der Waals surface area (Å²) >= 11 is 0. The molecule has 0 unspecified atom stereocenters. The molecule has 0 saturated heterocycles. The standard InChI is InChI=1S/C56H52N2/c1-8-21-44(10-3)58(52-30-20-29-49(41(52)7)43-25-16-12-17-26-43)54-36-39(5)48-31-33-50-53(35-38(4)47-32-34-51(54)56(48)55(47)50)57(45-27-18-13-19-28-45)37-40(6)46(22-9-2)42-23-14-11-15-24-42/h8-36H,37H2,1-7H3/b21-8-,22-9-,44-10+,46-40+. The van der Waals surface area contributed by atoms with Gasteiger partial charge in [-0.3, -0.25) is 0 Å². The van der Waals surface area contributed by atoms with E-state index in [1.165, 1.54) is 99.6 Å². The quantitative estimate of drug-likeness (QED) is 0.0959. The Morgan fingerprint density at radius 3 is 1.69 bits per heavy atom. The maximum Gasteiger partial charge on any atom is 0.0543 e. The first kappa shape index (κ1) is 38.2. The molecule has 8 rings (SSSR count). The molecule has 8 aromatic rings. The lowest BCUT2D eigenvalue weighted by Crippen LogP contribution is -2.20. The molecule has 0 spiro atoms. The van der Waals surface area contributed by atoms with E-state index in [-0.39, 0.29) is 0 Å². The summed E-state index contributed by atoms with van der Waals surface area (Å²) in [7, 11) is 0. The van der Waals surface area contributed by atoms with Gasteiger partial charge in [0.1, 0.15) is 0 Å². The Morgan fingerprint density at radius 2 is 1.09 bits per heavy atom. The summed E-state index contributed by atoms with van der Waals surface area (Å²) in [5, 5.41) is 7.71. The van der Waals surface area contributed by atoms with Crippen molar-refractivity contribution in [2.75, 3.05) is 16.3 Å². The Balaban J connectivity index is 1.40. The number of benzene rings is 8. The number of para-hydroxylation sites is 1. The Kier molecular flexibility index (Phi) is 10.8. The molecule has 0 aromatic heterocycles. The van der Waals surface area contributed by atoms with Gasteiger partial charge in [0, 0.05) is 40.1 Å². The molecule has 0 aliphatic heterocycles. The van der Waals surface area contributed by atoms with E-state index in [0.29, 0.717) is 0 Å². The molecule has 2 heteroatoms. The van der Waals surface area contributed by atoms with Crippen LogP contribution in [0.25, 0.3) is 49.0 Å². The monoisotopic (exact) mass is 752 g/mol. The molecule has 58 heavy (non-hydrogen) atoms. The molecule has 0 aliphatic carbocycles. The van der Waals surface area contributed by atoms with Crippen LogP contribution in [-0.4, -0.2) is 6.54 Å². The lowest BCUT2D eigenvalue weighted by molar-refractivity contribution is 1.04. The number of anilines is 4. The number of hydrogen-bond acceptors (Lipinski definition) is 2. The average Bonchev–Trinajstić information content (AvgIpc) is 3.26. The smallest absolute Gasteiger partial charge is 0.0543 e. The van der Waals surface area contributed by atoms with E-state index >= 15 is 0 Å². The van der Waals surface area contributed by atoms with Gasteiger partial charge in [0.15, 0.2) is 0 Å². The molecule has 0 amide bonds. The van der Waals surface area contributed by atoms with Gasteiger partial charge in [-0.15, -0.1) is 0 Å². The van der Waals surface area contributed by atoms with Crippen molar-refractivity contribution in [3.8, 4) is 11.1 Å². The molecule has 0 heterocycles. The first-order valence-corrected chi connectivity index (χ1v) is 20.5. The van der Waals surface area contributed by atoms with Gasteiger partial charge in [0.2, 0.25) is 0 Å². The highest BCUT2D eigenvalue weighted by atomic mass is 15.2. The van der Waals surface area contributed by atoms with Crippen molar-refractivity contribution in [2.24, 2.45) is 0 Å². The molecule has 0 saturated carbocycles. The Morgan fingerprint density at radius 1 is 0.534 bits per heavy atom. The Hall–Kier alpha value is -6.64. The third-order valence-electron chi connectivity index (χ3n) is 11.7. The molecular weight excluding hydrogens is 701 g/mol. The van der Waals surface area contributed by atoms with E-state index in [1.807, 2.05) is 0 Å². The molecule has 0 radical (unpaired) electrons. The summed E-state index contributed by atoms with van der Waals surface area (Å²) in [6.07, 6.45) is 11.0. The minimum absolute atomic E-state index is 0.741. The third-order valence-corrected chi connectivity index (χ3v) is 11.7. The molecular formula is C56H52N2. The van der Waals surface area contributed by atoms with E-state index in [1.54, 1.807) is 0 Å². The Labute approximate surface area is 344 Å². The zero-order valence-electron chi connectivity index (χ0n) is 34.8. The number of rotatable bonds is 11. The molecule has 0 aliphatic rings. The van der Waals surface area contributed by atoms with Gasteiger partial charge in [-0.2, -0.15) is 0 Å². The predicted molar refractivity (Wildman–Crippen MR) is 254 cm³/mol. The van der Waals surface area contributed by atoms with Crippen molar-refractivity contribution in [3.05, 3.63) is 209 Å². The van der Waals surface area contributed by atoms with Crippen LogP contribution in [-0.2, 0) is 0 Å². The van der Waals surface area contributed by atoms with Crippen molar-refractivity contribution in [1.82, 2.24) is 0 Å². The van der Waals surface area contributed by atoms with E-state index in [9.17, 15) is 0 Å². The van der Waals surface area contributed by atoms with Crippen LogP contribution in [0.5, 0.6) is 0 Å². The highest BCUT2D eigenvalue weighted by Gasteiger charge is 2.24. The molecule has 0 N–H and O–H groups in total. The lowest BCUT2D eigenvalue weighted by atomic mass is 9.88. The summed E-state index contributed by atoms with van der Waals surface area (Å²) in [4.78, 5) is 4.99. The van der Waals surface area contributed by atoms with Gasteiger partial charge in [-0.05, 0) is 151 Å². The van der Waals surface area contributed by atoms with Crippen LogP contribution in [0.15, 0.2) is 187 Å². The highest BCUT2D eigenvalue weighted by molar-refractivity contribution is 6.29. The number of aryl methyl sites for hydroxylation is 2. The summed E-state index contributed by atoms with van der Waals surface area (Å²) < 4.78 is 0. The molecule has 0 bridgehead atoms. The van der Waals surface area contributed by atoms with Gasteiger partial charge < -0.3 is 9.80 Å². The molecule has 286 valence electrons. The minimum atomic E-state index is 0.741. The van der Waals surface area contributed by atoms with Gasteiger partial charge in [-0.1, -0.05) is 140 Å². The summed E-state index contributed by atoms with van der Waals surface area (Å²) in [6, 6.07) is 53.4. The van der Waals surface area contributed by atoms with Crippen molar-refractivity contribution in [3.63, 3.8) is 0 Å². The molecule has 0 atom stereocenters. The van der Waals surface area contributed by atoms with Crippen LogP contribution >= 0.6 is 0 Å². The van der Waals surface area contributed by atoms with Gasteiger partial charge >= 0.3 is 0 Å². The Bertz CT molecular complexity index is 2860. The fraction of sp³-hybridized carbons (Fsp3) is 0.143. The van der Waals surface area contributed by atoms with Crippen LogP contribution in [0, 0.1) is 20.8 Å². The highest BCUT2D eigenvalue weighted by Crippen LogP contribution is 2.48. The first-order chi connectivity index (χ1) is 28.3. The topological polar surface area (TPSA) is 6.48 Å². The van der Waals surface area contributed by atoms with E-state index in [2.05, 4.69) is 234 Å². The number of hydrogen-bond donors (Lipinski definition) is 0. The van der Waals surface area contributed by atoms with Gasteiger partial charge in [0.25, 0.3) is 0 Å². The van der Waals surface area contributed by atoms with Crippen LogP contribution in [0.1, 0.15) is 49.9 Å². The second kappa shape index (κ2) is 16.5. The van der Waals surface area contributed by atoms with Crippen LogP contribution in [0.3, 0.4) is 0 Å². The third kappa shape index (κ3) is 6.90. The maximum atomic E-state index is 2.52. The summed E-state index contributed by atoms with van der Waals surface area (Å²) in [5.41, 5.74) is 15.9. The minimum Gasteiger partial charge on any atom is -0.337 e. The van der Waals surface area contributed by atoms with E-state index in [4.69, 9.17) is 0 Å². The van der Waals surface area contributed by atoms with Crippen LogP contribution < -0.4 is 9.80 Å². The van der Waals surface area contributed by atoms with Crippen molar-refractivity contribution in [1.29, 1.82) is 0 Å². The van der Waals surface area contributed by atoms with Crippen molar-refractivity contribution in [2.45, 2.75) is 48.5 Å². The van der Waals surface area contributed by atoms with Crippen LogP contribution in [0.4, 0.5) is 22.7 Å². The summed E-state index contributed by atoms with van der Waals surface area (Å²) in [5.74, 6) is 0. The zero-order valence-corrected chi connectivity index (χ0v) is 34.8. The van der Waals surface area contributed by atoms with Gasteiger partial charge in [0.05, 0.1) is 5.69 Å². The van der Waals surface area contributed by atoms with Crippen molar-refractivity contribution >= 4 is 60.6 Å².